The Balaban J connectivity index is 1.62. The van der Waals surface area contributed by atoms with E-state index in [0.29, 0.717) is 12.6 Å². The van der Waals surface area contributed by atoms with Crippen molar-refractivity contribution < 1.29 is 14.0 Å². The Morgan fingerprint density at radius 3 is 2.46 bits per heavy atom. The van der Waals surface area contributed by atoms with E-state index < -0.39 is 6.03 Å². The van der Waals surface area contributed by atoms with Gasteiger partial charge in [-0.1, -0.05) is 12.8 Å². The summed E-state index contributed by atoms with van der Waals surface area (Å²) in [7, 11) is 0. The molecule has 1 heterocycles. The molecule has 1 aromatic rings. The van der Waals surface area contributed by atoms with E-state index in [1.54, 1.807) is 6.26 Å². The Labute approximate surface area is 142 Å². The fraction of sp³-hybridized carbons (Fsp3) is 0.667. The number of amides is 3. The number of carbonyl (C=O) groups excluding carboxylic acids is 2. The maximum absolute atomic E-state index is 13.1. The first-order valence-electron chi connectivity index (χ1n) is 9.02. The monoisotopic (exact) mass is 333 g/mol. The first kappa shape index (κ1) is 16.9. The molecule has 0 radical (unpaired) electrons. The van der Waals surface area contributed by atoms with Crippen LogP contribution in [0.5, 0.6) is 0 Å². The van der Waals surface area contributed by atoms with Gasteiger partial charge in [0.15, 0.2) is 0 Å². The lowest BCUT2D eigenvalue weighted by molar-refractivity contribution is -0.140. The predicted molar refractivity (Wildman–Crippen MR) is 90.0 cm³/mol. The lowest BCUT2D eigenvalue weighted by Gasteiger charge is -2.35. The van der Waals surface area contributed by atoms with E-state index in [1.807, 2.05) is 17.0 Å². The maximum Gasteiger partial charge on any atom is 0.312 e. The predicted octanol–water partition coefficient (Wildman–Crippen LogP) is 2.78. The molecule has 0 unspecified atom stereocenters. The Hall–Kier alpha value is -1.98. The minimum absolute atomic E-state index is 0.0477. The van der Waals surface area contributed by atoms with Crippen LogP contribution in [0.15, 0.2) is 22.8 Å². The number of carbonyl (C=O) groups is 2. The van der Waals surface area contributed by atoms with E-state index in [-0.39, 0.29) is 17.9 Å². The van der Waals surface area contributed by atoms with Crippen LogP contribution >= 0.6 is 0 Å². The quantitative estimate of drug-likeness (QED) is 0.868. The normalized spacial score (nSPS) is 24.7. The van der Waals surface area contributed by atoms with Crippen LogP contribution in [-0.4, -0.2) is 28.9 Å². The number of rotatable bonds is 5. The molecule has 0 bridgehead atoms. The van der Waals surface area contributed by atoms with Gasteiger partial charge in [0.1, 0.15) is 5.76 Å². The molecule has 0 spiro atoms. The molecule has 2 saturated carbocycles. The van der Waals surface area contributed by atoms with E-state index in [0.717, 1.165) is 44.3 Å². The summed E-state index contributed by atoms with van der Waals surface area (Å²) < 4.78 is 5.47. The summed E-state index contributed by atoms with van der Waals surface area (Å²) in [5.74, 6) is 1.14. The van der Waals surface area contributed by atoms with Crippen LogP contribution in [-0.2, 0) is 11.3 Å². The van der Waals surface area contributed by atoms with Gasteiger partial charge >= 0.3 is 6.03 Å². The van der Waals surface area contributed by atoms with Crippen molar-refractivity contribution in [3.63, 3.8) is 0 Å². The standard InChI is InChI=1S/C18H27N3O3/c19-18(23)20-14-9-7-13(8-10-14)17(22)21(15-4-1-2-5-15)12-16-6-3-11-24-16/h3,6,11,13-15H,1-2,4-5,7-10,12H2,(H3,19,20,23). The van der Waals surface area contributed by atoms with Crippen LogP contribution in [0.3, 0.4) is 0 Å². The number of nitrogens with zero attached hydrogens (tertiary/aromatic N) is 1. The van der Waals surface area contributed by atoms with Crippen LogP contribution in [0.1, 0.15) is 57.1 Å². The Kier molecular flexibility index (Phi) is 5.43. The molecular formula is C18H27N3O3. The number of urea groups is 1. The average Bonchev–Trinajstić information content (AvgIpc) is 3.26. The molecule has 2 aliphatic rings. The summed E-state index contributed by atoms with van der Waals surface area (Å²) in [4.78, 5) is 26.1. The molecule has 24 heavy (non-hydrogen) atoms. The fourth-order valence-electron chi connectivity index (χ4n) is 4.09. The third-order valence-electron chi connectivity index (χ3n) is 5.38. The van der Waals surface area contributed by atoms with Gasteiger partial charge in [0.05, 0.1) is 12.8 Å². The van der Waals surface area contributed by atoms with Crippen molar-refractivity contribution in [2.45, 2.75) is 70.0 Å². The summed E-state index contributed by atoms with van der Waals surface area (Å²) in [6, 6.07) is 3.77. The second kappa shape index (κ2) is 7.73. The molecule has 0 aliphatic heterocycles. The first-order chi connectivity index (χ1) is 11.6. The third kappa shape index (κ3) is 4.10. The number of hydrogen-bond acceptors (Lipinski definition) is 3. The zero-order valence-electron chi connectivity index (χ0n) is 14.1. The van der Waals surface area contributed by atoms with Crippen LogP contribution in [0.25, 0.3) is 0 Å². The van der Waals surface area contributed by atoms with Gasteiger partial charge in [0.25, 0.3) is 0 Å². The van der Waals surface area contributed by atoms with Crippen LogP contribution < -0.4 is 11.1 Å². The summed E-state index contributed by atoms with van der Waals surface area (Å²) >= 11 is 0. The Morgan fingerprint density at radius 1 is 1.17 bits per heavy atom. The lowest BCUT2D eigenvalue weighted by atomic mass is 9.85. The number of nitrogens with one attached hydrogen (secondary N) is 1. The molecule has 0 aromatic carbocycles. The zero-order chi connectivity index (χ0) is 16.9. The van der Waals surface area contributed by atoms with E-state index in [1.165, 1.54) is 12.8 Å². The molecule has 0 atom stereocenters. The molecule has 6 heteroatoms. The van der Waals surface area contributed by atoms with Crippen molar-refractivity contribution in [2.75, 3.05) is 0 Å². The highest BCUT2D eigenvalue weighted by Gasteiger charge is 2.34. The Bertz CT molecular complexity index is 544. The summed E-state index contributed by atoms with van der Waals surface area (Å²) in [6.45, 7) is 0.565. The van der Waals surface area contributed by atoms with Crippen LogP contribution in [0, 0.1) is 5.92 Å². The number of primary amides is 1. The molecule has 3 amide bonds. The SMILES string of the molecule is NC(=O)NC1CCC(C(=O)N(Cc2ccco2)C2CCCC2)CC1. The number of hydrogen-bond donors (Lipinski definition) is 2. The number of nitrogens with two attached hydrogens (primary N) is 1. The van der Waals surface area contributed by atoms with Crippen molar-refractivity contribution in [2.24, 2.45) is 11.7 Å². The topological polar surface area (TPSA) is 88.6 Å². The van der Waals surface area contributed by atoms with Gasteiger partial charge < -0.3 is 20.4 Å². The van der Waals surface area contributed by atoms with E-state index >= 15 is 0 Å². The van der Waals surface area contributed by atoms with E-state index in [9.17, 15) is 9.59 Å². The number of furan rings is 1. The summed E-state index contributed by atoms with van der Waals surface area (Å²) in [6.07, 6.45) is 9.49. The van der Waals surface area contributed by atoms with Gasteiger partial charge in [-0.25, -0.2) is 4.79 Å². The van der Waals surface area contributed by atoms with Crippen LogP contribution in [0.4, 0.5) is 4.79 Å². The van der Waals surface area contributed by atoms with Crippen LogP contribution in [0.2, 0.25) is 0 Å². The fourth-order valence-corrected chi connectivity index (χ4v) is 4.09. The smallest absolute Gasteiger partial charge is 0.312 e. The summed E-state index contributed by atoms with van der Waals surface area (Å²) in [5, 5.41) is 2.76. The van der Waals surface area contributed by atoms with Gasteiger partial charge in [-0.3, -0.25) is 4.79 Å². The molecule has 3 N–H and O–H groups in total. The Morgan fingerprint density at radius 2 is 1.88 bits per heavy atom. The lowest BCUT2D eigenvalue weighted by Crippen LogP contribution is -2.45. The largest absolute Gasteiger partial charge is 0.467 e. The molecule has 1 aromatic heterocycles. The highest BCUT2D eigenvalue weighted by Crippen LogP contribution is 2.31. The average molecular weight is 333 g/mol. The van der Waals surface area contributed by atoms with Gasteiger partial charge in [0, 0.05) is 18.0 Å². The molecule has 2 aliphatic carbocycles. The van der Waals surface area contributed by atoms with Crippen molar-refractivity contribution >= 4 is 11.9 Å². The highest BCUT2D eigenvalue weighted by molar-refractivity contribution is 5.79. The van der Waals surface area contributed by atoms with Crippen molar-refractivity contribution in [1.82, 2.24) is 10.2 Å². The molecule has 132 valence electrons. The minimum Gasteiger partial charge on any atom is -0.467 e. The molecular weight excluding hydrogens is 306 g/mol. The van der Waals surface area contributed by atoms with Gasteiger partial charge in [-0.05, 0) is 50.7 Å². The minimum atomic E-state index is -0.477. The second-order valence-electron chi connectivity index (χ2n) is 7.04. The molecule has 3 rings (SSSR count). The van der Waals surface area contributed by atoms with Crippen molar-refractivity contribution in [3.8, 4) is 0 Å². The van der Waals surface area contributed by atoms with E-state index in [4.69, 9.17) is 10.2 Å². The van der Waals surface area contributed by atoms with Crippen molar-refractivity contribution in [1.29, 1.82) is 0 Å². The first-order valence-corrected chi connectivity index (χ1v) is 9.02. The van der Waals surface area contributed by atoms with Crippen molar-refractivity contribution in [3.05, 3.63) is 24.2 Å². The molecule has 6 nitrogen and oxygen atoms in total. The maximum atomic E-state index is 13.1. The molecule has 0 saturated heterocycles. The molecule has 2 fully saturated rings. The zero-order valence-corrected chi connectivity index (χ0v) is 14.1. The second-order valence-corrected chi connectivity index (χ2v) is 7.04. The van der Waals surface area contributed by atoms with Gasteiger partial charge in [-0.15, -0.1) is 0 Å². The third-order valence-corrected chi connectivity index (χ3v) is 5.38. The van der Waals surface area contributed by atoms with Gasteiger partial charge in [-0.2, -0.15) is 0 Å². The van der Waals surface area contributed by atoms with E-state index in [2.05, 4.69) is 5.32 Å². The summed E-state index contributed by atoms with van der Waals surface area (Å²) in [5.41, 5.74) is 5.19. The highest BCUT2D eigenvalue weighted by atomic mass is 16.3. The van der Waals surface area contributed by atoms with Gasteiger partial charge in [0.2, 0.25) is 5.91 Å².